The zero-order valence-corrected chi connectivity index (χ0v) is 28.7. The van der Waals surface area contributed by atoms with Crippen LogP contribution in [0.25, 0.3) is 49.8 Å². The second-order valence-electron chi connectivity index (χ2n) is 13.7. The molecule has 1 unspecified atom stereocenters. The molecule has 246 valence electrons. The number of benzene rings is 7. The Bertz CT molecular complexity index is 2690. The van der Waals surface area contributed by atoms with Gasteiger partial charge in [0.2, 0.25) is 0 Å². The zero-order valence-electron chi connectivity index (χ0n) is 28.7. The molecule has 0 amide bonds. The number of rotatable bonds is 3. The van der Waals surface area contributed by atoms with Crippen LogP contribution in [0.3, 0.4) is 0 Å². The van der Waals surface area contributed by atoms with E-state index in [4.69, 9.17) is 4.42 Å². The van der Waals surface area contributed by atoms with E-state index in [1.165, 1.54) is 33.4 Å². The first-order valence-electron chi connectivity index (χ1n) is 17.9. The number of para-hydroxylation sites is 3. The predicted molar refractivity (Wildman–Crippen MR) is 218 cm³/mol. The van der Waals surface area contributed by atoms with Crippen molar-refractivity contribution in [2.24, 2.45) is 0 Å². The number of nitrogens with zero attached hydrogens (tertiary/aromatic N) is 1. The molecule has 52 heavy (non-hydrogen) atoms. The van der Waals surface area contributed by atoms with E-state index >= 15 is 0 Å². The van der Waals surface area contributed by atoms with Gasteiger partial charge in [-0.1, -0.05) is 140 Å². The predicted octanol–water partition coefficient (Wildman–Crippen LogP) is 13.6. The van der Waals surface area contributed by atoms with Crippen LogP contribution in [0.4, 0.5) is 17.1 Å². The average Bonchev–Trinajstić information content (AvgIpc) is 3.70. The smallest absolute Gasteiger partial charge is 0.136 e. The van der Waals surface area contributed by atoms with E-state index in [1.54, 1.807) is 0 Å². The molecular weight excluding hydrogens is 631 g/mol. The molecule has 7 aromatic carbocycles. The first-order valence-corrected chi connectivity index (χ1v) is 17.9. The number of fused-ring (bicyclic) bond motifs is 12. The topological polar surface area (TPSA) is 16.4 Å². The maximum Gasteiger partial charge on any atom is 0.136 e. The largest absolute Gasteiger partial charge is 0.456 e. The summed E-state index contributed by atoms with van der Waals surface area (Å²) < 4.78 is 6.48. The first kappa shape index (κ1) is 30.2. The summed E-state index contributed by atoms with van der Waals surface area (Å²) in [7, 11) is 0. The number of hydrogen-bond acceptors (Lipinski definition) is 2. The lowest BCUT2D eigenvalue weighted by Gasteiger charge is -2.35. The third-order valence-corrected chi connectivity index (χ3v) is 10.9. The average molecular weight is 666 g/mol. The van der Waals surface area contributed by atoms with Gasteiger partial charge in [0.1, 0.15) is 11.2 Å². The molecule has 0 bridgehead atoms. The molecule has 0 N–H and O–H groups in total. The number of allylic oxidation sites excluding steroid dienone is 5. The summed E-state index contributed by atoms with van der Waals surface area (Å²) >= 11 is 0. The Kier molecular flexibility index (Phi) is 6.97. The summed E-state index contributed by atoms with van der Waals surface area (Å²) in [6, 6.07) is 59.2. The van der Waals surface area contributed by atoms with Crippen LogP contribution in [0.15, 0.2) is 199 Å². The van der Waals surface area contributed by atoms with E-state index < -0.39 is 5.41 Å². The van der Waals surface area contributed by atoms with Crippen LogP contribution in [-0.2, 0) is 5.41 Å². The summed E-state index contributed by atoms with van der Waals surface area (Å²) in [5, 5.41) is 2.28. The fraction of sp³-hybridized carbons (Fsp3) is 0.0400. The van der Waals surface area contributed by atoms with E-state index in [0.29, 0.717) is 0 Å². The fourth-order valence-corrected chi connectivity index (χ4v) is 8.65. The van der Waals surface area contributed by atoms with E-state index in [0.717, 1.165) is 62.1 Å². The zero-order chi connectivity index (χ0) is 34.6. The molecule has 2 aliphatic carbocycles. The molecule has 10 rings (SSSR count). The quantitative estimate of drug-likeness (QED) is 0.187. The minimum Gasteiger partial charge on any atom is -0.456 e. The molecule has 2 nitrogen and oxygen atoms in total. The van der Waals surface area contributed by atoms with Crippen LogP contribution in [-0.4, -0.2) is 0 Å². The van der Waals surface area contributed by atoms with Gasteiger partial charge in [0, 0.05) is 27.8 Å². The lowest BCUT2D eigenvalue weighted by molar-refractivity contribution is 0.646. The van der Waals surface area contributed by atoms with Gasteiger partial charge in [-0.3, -0.25) is 0 Å². The van der Waals surface area contributed by atoms with E-state index in [-0.39, 0.29) is 0 Å². The normalized spacial score (nSPS) is 17.2. The molecule has 0 radical (unpaired) electrons. The van der Waals surface area contributed by atoms with Gasteiger partial charge >= 0.3 is 0 Å². The Labute approximate surface area is 303 Å². The Morgan fingerprint density at radius 1 is 0.462 bits per heavy atom. The van der Waals surface area contributed by atoms with Crippen LogP contribution in [0.5, 0.6) is 0 Å². The number of hydrogen-bond donors (Lipinski definition) is 0. The van der Waals surface area contributed by atoms with Crippen molar-refractivity contribution in [2.75, 3.05) is 4.90 Å². The van der Waals surface area contributed by atoms with Crippen LogP contribution < -0.4 is 4.90 Å². The van der Waals surface area contributed by atoms with Crippen molar-refractivity contribution in [3.05, 3.63) is 217 Å². The molecule has 1 heterocycles. The van der Waals surface area contributed by atoms with Gasteiger partial charge in [0.15, 0.2) is 0 Å². The standard InChI is InChI=1S/C50H35NO/c1-34-17-5-4-16-30-50(45-26-14-12-24-40(45)43-33-49-44(32-47(43)50)41-25-13-15-27-48(41)52-49)46-29-28-37(31-42(46)39-23-11-10-22-38(34)39)51(35-18-6-2-7-19-35)36-20-8-3-9-21-36/h2-29,31-33H,1,30H2/b16-4-,17-5-. The lowest BCUT2D eigenvalue weighted by atomic mass is 9.67. The molecular formula is C50H35NO. The fourth-order valence-electron chi connectivity index (χ4n) is 8.65. The van der Waals surface area contributed by atoms with E-state index in [9.17, 15) is 0 Å². The highest BCUT2D eigenvalue weighted by Crippen LogP contribution is 2.58. The van der Waals surface area contributed by atoms with Gasteiger partial charge < -0.3 is 9.32 Å². The summed E-state index contributed by atoms with van der Waals surface area (Å²) in [5.41, 5.74) is 15.5. The van der Waals surface area contributed by atoms with Crippen molar-refractivity contribution in [2.45, 2.75) is 11.8 Å². The maximum atomic E-state index is 6.48. The number of anilines is 3. The molecule has 0 aliphatic heterocycles. The second kappa shape index (κ2) is 12.0. The molecule has 0 fully saturated rings. The van der Waals surface area contributed by atoms with Crippen LogP contribution in [0.1, 0.15) is 28.7 Å². The van der Waals surface area contributed by atoms with Gasteiger partial charge in [0.25, 0.3) is 0 Å². The van der Waals surface area contributed by atoms with Gasteiger partial charge in [0.05, 0.1) is 5.41 Å². The minimum absolute atomic E-state index is 0.486. The van der Waals surface area contributed by atoms with Crippen molar-refractivity contribution >= 4 is 44.6 Å². The Balaban J connectivity index is 1.33. The highest BCUT2D eigenvalue weighted by molar-refractivity contribution is 6.08. The molecule has 8 aromatic rings. The monoisotopic (exact) mass is 665 g/mol. The Morgan fingerprint density at radius 3 is 1.88 bits per heavy atom. The summed E-state index contributed by atoms with van der Waals surface area (Å²) in [4.78, 5) is 2.35. The van der Waals surface area contributed by atoms with Gasteiger partial charge in [-0.15, -0.1) is 0 Å². The van der Waals surface area contributed by atoms with Crippen molar-refractivity contribution in [3.63, 3.8) is 0 Å². The highest BCUT2D eigenvalue weighted by atomic mass is 16.3. The van der Waals surface area contributed by atoms with Crippen LogP contribution >= 0.6 is 0 Å². The van der Waals surface area contributed by atoms with Crippen molar-refractivity contribution in [3.8, 4) is 22.3 Å². The molecule has 1 aromatic heterocycles. The molecule has 2 aliphatic rings. The SMILES string of the molecule is C=C1/C=C\C=C/CC2(c3ccc(N(c4ccccc4)c4ccccc4)cc3-c3ccccc31)c1ccccc1-c1cc3oc4ccccc4c3cc12. The third kappa shape index (κ3) is 4.58. The molecule has 0 saturated carbocycles. The molecule has 1 atom stereocenters. The summed E-state index contributed by atoms with van der Waals surface area (Å²) in [6.45, 7) is 4.56. The van der Waals surface area contributed by atoms with Crippen molar-refractivity contribution < 1.29 is 4.42 Å². The Hall–Kier alpha value is -6.64. The van der Waals surface area contributed by atoms with Crippen LogP contribution in [0, 0.1) is 0 Å². The van der Waals surface area contributed by atoms with E-state index in [1.807, 2.05) is 6.07 Å². The molecule has 2 heteroatoms. The van der Waals surface area contributed by atoms with Gasteiger partial charge in [-0.25, -0.2) is 0 Å². The van der Waals surface area contributed by atoms with Crippen molar-refractivity contribution in [1.29, 1.82) is 0 Å². The lowest BCUT2D eigenvalue weighted by Crippen LogP contribution is -2.27. The maximum absolute atomic E-state index is 6.48. The Morgan fingerprint density at radius 2 is 1.10 bits per heavy atom. The van der Waals surface area contributed by atoms with Gasteiger partial charge in [-0.05, 0) is 111 Å². The summed E-state index contributed by atoms with van der Waals surface area (Å²) in [5.74, 6) is 0. The highest BCUT2D eigenvalue weighted by Gasteiger charge is 2.46. The molecule has 1 spiro atoms. The minimum atomic E-state index is -0.486. The third-order valence-electron chi connectivity index (χ3n) is 10.9. The van der Waals surface area contributed by atoms with Crippen LogP contribution in [0.2, 0.25) is 0 Å². The number of furan rings is 1. The van der Waals surface area contributed by atoms with Gasteiger partial charge in [-0.2, -0.15) is 0 Å². The first-order chi connectivity index (χ1) is 25.7. The van der Waals surface area contributed by atoms with E-state index in [2.05, 4.69) is 194 Å². The second-order valence-corrected chi connectivity index (χ2v) is 13.7. The van der Waals surface area contributed by atoms with Crippen molar-refractivity contribution in [1.82, 2.24) is 0 Å². The summed E-state index contributed by atoms with van der Waals surface area (Å²) in [6.07, 6.45) is 9.57. The molecule has 0 saturated heterocycles.